The maximum Gasteiger partial charge on any atom is 0.416 e. The molecule has 9 heteroatoms. The summed E-state index contributed by atoms with van der Waals surface area (Å²) in [6.07, 6.45) is 4.97. The van der Waals surface area contributed by atoms with Gasteiger partial charge in [-0.15, -0.1) is 6.42 Å². The molecule has 0 saturated carbocycles. The van der Waals surface area contributed by atoms with Gasteiger partial charge in [0.2, 0.25) is 0 Å². The Morgan fingerprint density at radius 3 is 2.77 bits per heavy atom. The largest absolute Gasteiger partial charge is 0.446 e. The number of amides is 2. The highest BCUT2D eigenvalue weighted by Gasteiger charge is 2.36. The van der Waals surface area contributed by atoms with Crippen molar-refractivity contribution in [3.63, 3.8) is 0 Å². The minimum atomic E-state index is -0.547. The van der Waals surface area contributed by atoms with Crippen LogP contribution in [0, 0.1) is 12.3 Å². The van der Waals surface area contributed by atoms with Crippen LogP contribution in [0.15, 0.2) is 24.3 Å². The van der Waals surface area contributed by atoms with Crippen molar-refractivity contribution in [2.75, 3.05) is 42.4 Å². The molecule has 2 amide bonds. The number of carbonyl (C=O) groups is 2. The van der Waals surface area contributed by atoms with Crippen molar-refractivity contribution in [2.45, 2.75) is 19.1 Å². The monoisotopic (exact) mass is 406 g/mol. The van der Waals surface area contributed by atoms with Gasteiger partial charge in [0.25, 0.3) is 5.91 Å². The predicted octanol–water partition coefficient (Wildman–Crippen LogP) is 1.38. The third-order valence-corrected chi connectivity index (χ3v) is 5.10. The SMILES string of the molecule is C#C[C@H]1COC(=O)N1c1cccc(N2Cc3c(cc(N(C)C)nc3CNC)C2=O)n1. The van der Waals surface area contributed by atoms with Crippen LogP contribution in [-0.2, 0) is 17.8 Å². The molecule has 2 aliphatic rings. The first-order valence-electron chi connectivity index (χ1n) is 9.50. The highest BCUT2D eigenvalue weighted by atomic mass is 16.6. The third kappa shape index (κ3) is 3.21. The number of terminal acetylenes is 1. The maximum absolute atomic E-state index is 13.2. The fourth-order valence-corrected chi connectivity index (χ4v) is 3.57. The molecule has 1 saturated heterocycles. The van der Waals surface area contributed by atoms with Gasteiger partial charge in [0.15, 0.2) is 0 Å². The van der Waals surface area contributed by atoms with Crippen molar-refractivity contribution in [1.29, 1.82) is 0 Å². The topological polar surface area (TPSA) is 90.9 Å². The number of nitrogens with zero attached hydrogens (tertiary/aromatic N) is 5. The Morgan fingerprint density at radius 2 is 2.07 bits per heavy atom. The zero-order valence-electron chi connectivity index (χ0n) is 17.0. The van der Waals surface area contributed by atoms with E-state index in [1.165, 1.54) is 4.90 Å². The summed E-state index contributed by atoms with van der Waals surface area (Å²) in [7, 11) is 5.61. The minimum absolute atomic E-state index is 0.113. The Kier molecular flexibility index (Phi) is 5.01. The van der Waals surface area contributed by atoms with Crippen LogP contribution in [0.5, 0.6) is 0 Å². The number of hydrogen-bond acceptors (Lipinski definition) is 7. The summed E-state index contributed by atoms with van der Waals surface area (Å²) < 4.78 is 5.04. The Labute approximate surface area is 174 Å². The summed E-state index contributed by atoms with van der Waals surface area (Å²) in [6.45, 7) is 1.01. The molecule has 1 fully saturated rings. The van der Waals surface area contributed by atoms with Gasteiger partial charge in [0.1, 0.15) is 30.1 Å². The Morgan fingerprint density at radius 1 is 1.30 bits per heavy atom. The number of fused-ring (bicyclic) bond motifs is 1. The van der Waals surface area contributed by atoms with E-state index in [0.29, 0.717) is 36.1 Å². The van der Waals surface area contributed by atoms with Crippen LogP contribution in [0.3, 0.4) is 0 Å². The molecule has 0 aromatic carbocycles. The molecule has 4 heterocycles. The van der Waals surface area contributed by atoms with E-state index in [0.717, 1.165) is 11.3 Å². The van der Waals surface area contributed by atoms with Crippen LogP contribution in [0.4, 0.5) is 22.2 Å². The fourth-order valence-electron chi connectivity index (χ4n) is 3.57. The molecule has 2 aliphatic heterocycles. The Balaban J connectivity index is 1.71. The van der Waals surface area contributed by atoms with E-state index in [2.05, 4.69) is 21.2 Å². The highest BCUT2D eigenvalue weighted by Crippen LogP contribution is 2.32. The normalized spacial score (nSPS) is 17.7. The second-order valence-corrected chi connectivity index (χ2v) is 7.25. The second-order valence-electron chi connectivity index (χ2n) is 7.25. The van der Waals surface area contributed by atoms with E-state index in [4.69, 9.17) is 11.2 Å². The first-order valence-corrected chi connectivity index (χ1v) is 9.50. The first kappa shape index (κ1) is 19.7. The zero-order chi connectivity index (χ0) is 21.4. The average Bonchev–Trinajstić information content (AvgIpc) is 3.28. The van der Waals surface area contributed by atoms with Crippen molar-refractivity contribution in [3.05, 3.63) is 41.1 Å². The van der Waals surface area contributed by atoms with E-state index in [1.807, 2.05) is 26.0 Å². The molecular weight excluding hydrogens is 384 g/mol. The molecule has 0 aliphatic carbocycles. The zero-order valence-corrected chi connectivity index (χ0v) is 17.0. The fraction of sp³-hybridized carbons (Fsp3) is 0.333. The number of cyclic esters (lactones) is 1. The van der Waals surface area contributed by atoms with Gasteiger partial charge in [0.05, 0.1) is 17.8 Å². The number of ether oxygens (including phenoxy) is 1. The summed E-state index contributed by atoms with van der Waals surface area (Å²) in [5.74, 6) is 3.88. The molecule has 9 nitrogen and oxygen atoms in total. The lowest BCUT2D eigenvalue weighted by atomic mass is 10.1. The van der Waals surface area contributed by atoms with Crippen molar-refractivity contribution < 1.29 is 14.3 Å². The second kappa shape index (κ2) is 7.65. The van der Waals surface area contributed by atoms with Crippen LogP contribution in [0.25, 0.3) is 0 Å². The summed E-state index contributed by atoms with van der Waals surface area (Å²) in [6, 6.07) is 6.42. The van der Waals surface area contributed by atoms with Crippen molar-refractivity contribution >= 4 is 29.5 Å². The van der Waals surface area contributed by atoms with Crippen molar-refractivity contribution in [3.8, 4) is 12.3 Å². The van der Waals surface area contributed by atoms with E-state index in [-0.39, 0.29) is 12.5 Å². The Bertz CT molecular complexity index is 1060. The molecular formula is C21H22N6O3. The predicted molar refractivity (Wildman–Crippen MR) is 113 cm³/mol. The molecule has 30 heavy (non-hydrogen) atoms. The summed E-state index contributed by atoms with van der Waals surface area (Å²) in [5.41, 5.74) is 2.30. The van der Waals surface area contributed by atoms with Gasteiger partial charge in [-0.1, -0.05) is 12.0 Å². The molecule has 0 bridgehead atoms. The van der Waals surface area contributed by atoms with Crippen LogP contribution in [-0.4, -0.2) is 55.8 Å². The number of hydrogen-bond donors (Lipinski definition) is 1. The smallest absolute Gasteiger partial charge is 0.416 e. The van der Waals surface area contributed by atoms with Gasteiger partial charge in [-0.05, 0) is 25.2 Å². The van der Waals surface area contributed by atoms with Crippen molar-refractivity contribution in [1.82, 2.24) is 15.3 Å². The van der Waals surface area contributed by atoms with Gasteiger partial charge in [-0.2, -0.15) is 0 Å². The molecule has 2 aromatic rings. The minimum Gasteiger partial charge on any atom is -0.446 e. The lowest BCUT2D eigenvalue weighted by Crippen LogP contribution is -2.33. The summed E-state index contributed by atoms with van der Waals surface area (Å²) in [4.78, 5) is 39.3. The third-order valence-electron chi connectivity index (χ3n) is 5.10. The van der Waals surface area contributed by atoms with Gasteiger partial charge in [-0.25, -0.2) is 19.7 Å². The maximum atomic E-state index is 13.2. The molecule has 0 radical (unpaired) electrons. The molecule has 154 valence electrons. The number of carbonyl (C=O) groups excluding carboxylic acids is 2. The van der Waals surface area contributed by atoms with E-state index in [1.54, 1.807) is 29.2 Å². The van der Waals surface area contributed by atoms with Crippen LogP contribution >= 0.6 is 0 Å². The van der Waals surface area contributed by atoms with Gasteiger partial charge in [0, 0.05) is 26.2 Å². The highest BCUT2D eigenvalue weighted by molar-refractivity contribution is 6.10. The van der Waals surface area contributed by atoms with E-state index >= 15 is 0 Å². The van der Waals surface area contributed by atoms with Crippen molar-refractivity contribution in [2.24, 2.45) is 0 Å². The molecule has 1 atom stereocenters. The standard InChI is InChI=1S/C21H22N6O3/c1-5-13-12-30-21(29)27(13)18-8-6-7-17(24-18)26-11-15-14(20(26)28)9-19(25(3)4)23-16(15)10-22-2/h1,6-9,13,22H,10-12H2,2-4H3/t13-/m0/s1. The number of rotatable bonds is 5. The first-order chi connectivity index (χ1) is 14.4. The van der Waals surface area contributed by atoms with E-state index < -0.39 is 12.1 Å². The van der Waals surface area contributed by atoms with Crippen LogP contribution in [0.2, 0.25) is 0 Å². The quantitative estimate of drug-likeness (QED) is 0.750. The van der Waals surface area contributed by atoms with Gasteiger partial charge < -0.3 is 15.0 Å². The molecule has 1 N–H and O–H groups in total. The number of nitrogens with one attached hydrogen (secondary N) is 1. The van der Waals surface area contributed by atoms with Crippen LogP contribution in [0.1, 0.15) is 21.6 Å². The average molecular weight is 406 g/mol. The van der Waals surface area contributed by atoms with Crippen LogP contribution < -0.4 is 20.0 Å². The number of aromatic nitrogens is 2. The molecule has 2 aromatic heterocycles. The number of pyridine rings is 2. The molecule has 0 spiro atoms. The number of anilines is 3. The summed E-state index contributed by atoms with van der Waals surface area (Å²) in [5, 5.41) is 3.11. The van der Waals surface area contributed by atoms with Gasteiger partial charge >= 0.3 is 6.09 Å². The van der Waals surface area contributed by atoms with E-state index in [9.17, 15) is 9.59 Å². The lowest BCUT2D eigenvalue weighted by Gasteiger charge is -2.20. The molecule has 0 unspecified atom stereocenters. The Hall–Kier alpha value is -3.64. The lowest BCUT2D eigenvalue weighted by molar-refractivity contribution is 0.0996. The van der Waals surface area contributed by atoms with Gasteiger partial charge in [-0.3, -0.25) is 9.69 Å². The summed E-state index contributed by atoms with van der Waals surface area (Å²) >= 11 is 0. The molecule has 4 rings (SSSR count).